The predicted molar refractivity (Wildman–Crippen MR) is 98.4 cm³/mol. The van der Waals surface area contributed by atoms with Crippen LogP contribution in [0.2, 0.25) is 5.02 Å². The highest BCUT2D eigenvalue weighted by Crippen LogP contribution is 2.28. The number of rotatable bonds is 3. The molecule has 0 atom stereocenters. The number of hydrogen-bond acceptors (Lipinski definition) is 3. The van der Waals surface area contributed by atoms with Gasteiger partial charge in [0.05, 0.1) is 10.7 Å². The third-order valence-corrected chi connectivity index (χ3v) is 5.40. The van der Waals surface area contributed by atoms with Crippen molar-refractivity contribution in [3.63, 3.8) is 0 Å². The zero-order valence-electron chi connectivity index (χ0n) is 14.5. The van der Waals surface area contributed by atoms with Crippen LogP contribution in [-0.4, -0.2) is 57.7 Å². The summed E-state index contributed by atoms with van der Waals surface area (Å²) in [5.41, 5.74) is 2.20. The van der Waals surface area contributed by atoms with Gasteiger partial charge in [0.25, 0.3) is 5.91 Å². The fourth-order valence-corrected chi connectivity index (χ4v) is 3.75. The van der Waals surface area contributed by atoms with Gasteiger partial charge in [0.1, 0.15) is 0 Å². The zero-order valence-corrected chi connectivity index (χ0v) is 15.2. The van der Waals surface area contributed by atoms with E-state index in [9.17, 15) is 4.79 Å². The molecule has 2 aliphatic rings. The van der Waals surface area contributed by atoms with Crippen LogP contribution in [0.15, 0.2) is 30.5 Å². The number of aryl methyl sites for hydroxylation is 1. The molecule has 1 aliphatic carbocycles. The Kier molecular flexibility index (Phi) is 4.52. The van der Waals surface area contributed by atoms with Crippen LogP contribution >= 0.6 is 11.6 Å². The van der Waals surface area contributed by atoms with Crippen molar-refractivity contribution >= 4 is 17.5 Å². The Morgan fingerprint density at radius 3 is 2.72 bits per heavy atom. The molecule has 0 bridgehead atoms. The van der Waals surface area contributed by atoms with Crippen LogP contribution in [0.1, 0.15) is 35.3 Å². The van der Waals surface area contributed by atoms with Crippen LogP contribution in [0, 0.1) is 6.92 Å². The van der Waals surface area contributed by atoms with E-state index >= 15 is 0 Å². The van der Waals surface area contributed by atoms with Crippen molar-refractivity contribution in [2.45, 2.75) is 32.2 Å². The monoisotopic (exact) mass is 358 g/mol. The van der Waals surface area contributed by atoms with E-state index in [1.165, 1.54) is 12.8 Å². The van der Waals surface area contributed by atoms with Crippen molar-refractivity contribution in [1.29, 1.82) is 0 Å². The SMILES string of the molecule is Cc1cn(-c2ccccc2Cl)nc1C(=O)N1CCCN(C2CC2)CC1. The minimum absolute atomic E-state index is 0.0287. The van der Waals surface area contributed by atoms with Crippen molar-refractivity contribution in [2.24, 2.45) is 0 Å². The van der Waals surface area contributed by atoms with Crippen LogP contribution in [0.4, 0.5) is 0 Å². The summed E-state index contributed by atoms with van der Waals surface area (Å²) >= 11 is 6.26. The molecule has 0 spiro atoms. The summed E-state index contributed by atoms with van der Waals surface area (Å²) in [4.78, 5) is 17.5. The smallest absolute Gasteiger partial charge is 0.274 e. The molecule has 2 heterocycles. The summed E-state index contributed by atoms with van der Waals surface area (Å²) in [5, 5.41) is 5.16. The van der Waals surface area contributed by atoms with Gasteiger partial charge in [-0.3, -0.25) is 9.69 Å². The molecular weight excluding hydrogens is 336 g/mol. The van der Waals surface area contributed by atoms with Crippen molar-refractivity contribution in [2.75, 3.05) is 26.2 Å². The Morgan fingerprint density at radius 1 is 1.16 bits per heavy atom. The lowest BCUT2D eigenvalue weighted by atomic mass is 10.2. The van der Waals surface area contributed by atoms with E-state index in [2.05, 4.69) is 10.00 Å². The summed E-state index contributed by atoms with van der Waals surface area (Å²) in [6, 6.07) is 8.30. The molecule has 2 aromatic rings. The van der Waals surface area contributed by atoms with Crippen LogP contribution in [0.5, 0.6) is 0 Å². The highest BCUT2D eigenvalue weighted by atomic mass is 35.5. The molecule has 1 saturated heterocycles. The Bertz CT molecular complexity index is 783. The second kappa shape index (κ2) is 6.81. The molecule has 1 amide bonds. The van der Waals surface area contributed by atoms with E-state index in [0.29, 0.717) is 10.7 Å². The van der Waals surface area contributed by atoms with E-state index in [1.54, 1.807) is 4.68 Å². The number of para-hydroxylation sites is 1. The lowest BCUT2D eigenvalue weighted by Crippen LogP contribution is -2.36. The minimum Gasteiger partial charge on any atom is -0.336 e. The maximum atomic E-state index is 13.0. The van der Waals surface area contributed by atoms with Crippen LogP contribution in [0.25, 0.3) is 5.69 Å². The number of halogens is 1. The Hall–Kier alpha value is -1.85. The Balaban J connectivity index is 1.53. The van der Waals surface area contributed by atoms with Gasteiger partial charge < -0.3 is 4.90 Å². The number of aromatic nitrogens is 2. The first-order chi connectivity index (χ1) is 12.1. The molecule has 25 heavy (non-hydrogen) atoms. The van der Waals surface area contributed by atoms with Crippen molar-refractivity contribution in [3.8, 4) is 5.69 Å². The first-order valence-electron chi connectivity index (χ1n) is 8.98. The van der Waals surface area contributed by atoms with Gasteiger partial charge in [-0.05, 0) is 38.3 Å². The molecule has 1 saturated carbocycles. The van der Waals surface area contributed by atoms with E-state index in [1.807, 2.05) is 42.3 Å². The molecule has 1 aliphatic heterocycles. The molecule has 1 aromatic carbocycles. The second-order valence-corrected chi connectivity index (χ2v) is 7.38. The number of nitrogens with zero attached hydrogens (tertiary/aromatic N) is 4. The third kappa shape index (κ3) is 3.44. The summed E-state index contributed by atoms with van der Waals surface area (Å²) in [5.74, 6) is 0.0287. The lowest BCUT2D eigenvalue weighted by Gasteiger charge is -2.21. The normalized spacial score (nSPS) is 19.0. The predicted octanol–water partition coefficient (Wildman–Crippen LogP) is 3.14. The molecule has 2 fully saturated rings. The fourth-order valence-electron chi connectivity index (χ4n) is 3.53. The van der Waals surface area contributed by atoms with E-state index < -0.39 is 0 Å². The number of carbonyl (C=O) groups excluding carboxylic acids is 1. The summed E-state index contributed by atoms with van der Waals surface area (Å²) in [6.45, 7) is 5.60. The van der Waals surface area contributed by atoms with Crippen LogP contribution < -0.4 is 0 Å². The number of hydrogen-bond donors (Lipinski definition) is 0. The highest BCUT2D eigenvalue weighted by Gasteiger charge is 2.31. The molecule has 1 aromatic heterocycles. The quantitative estimate of drug-likeness (QED) is 0.846. The van der Waals surface area contributed by atoms with Crippen LogP contribution in [-0.2, 0) is 0 Å². The maximum Gasteiger partial charge on any atom is 0.274 e. The van der Waals surface area contributed by atoms with E-state index in [0.717, 1.165) is 49.9 Å². The van der Waals surface area contributed by atoms with E-state index in [4.69, 9.17) is 11.6 Å². The van der Waals surface area contributed by atoms with Gasteiger partial charge in [0, 0.05) is 44.0 Å². The largest absolute Gasteiger partial charge is 0.336 e. The summed E-state index contributed by atoms with van der Waals surface area (Å²) < 4.78 is 1.71. The number of carbonyl (C=O) groups is 1. The average molecular weight is 359 g/mol. The second-order valence-electron chi connectivity index (χ2n) is 6.97. The van der Waals surface area contributed by atoms with Gasteiger partial charge in [-0.15, -0.1) is 0 Å². The van der Waals surface area contributed by atoms with Gasteiger partial charge in [0.15, 0.2) is 5.69 Å². The van der Waals surface area contributed by atoms with Gasteiger partial charge in [-0.1, -0.05) is 23.7 Å². The Morgan fingerprint density at radius 2 is 1.96 bits per heavy atom. The maximum absolute atomic E-state index is 13.0. The molecule has 5 nitrogen and oxygen atoms in total. The van der Waals surface area contributed by atoms with Crippen LogP contribution in [0.3, 0.4) is 0 Å². The van der Waals surface area contributed by atoms with Crippen molar-refractivity contribution in [1.82, 2.24) is 19.6 Å². The highest BCUT2D eigenvalue weighted by molar-refractivity contribution is 6.32. The van der Waals surface area contributed by atoms with Gasteiger partial charge in [-0.2, -0.15) is 5.10 Å². The molecule has 6 heteroatoms. The Labute approximate surface area is 153 Å². The summed E-state index contributed by atoms with van der Waals surface area (Å²) in [6.07, 6.45) is 5.54. The first-order valence-corrected chi connectivity index (χ1v) is 9.36. The van der Waals surface area contributed by atoms with Gasteiger partial charge in [0.2, 0.25) is 0 Å². The first kappa shape index (κ1) is 16.6. The molecule has 0 radical (unpaired) electrons. The zero-order chi connectivity index (χ0) is 17.4. The lowest BCUT2D eigenvalue weighted by molar-refractivity contribution is 0.0754. The number of benzene rings is 1. The topological polar surface area (TPSA) is 41.4 Å². The molecular formula is C19H23ClN4O. The van der Waals surface area contributed by atoms with E-state index in [-0.39, 0.29) is 5.91 Å². The van der Waals surface area contributed by atoms with Crippen molar-refractivity contribution < 1.29 is 4.79 Å². The minimum atomic E-state index is 0.0287. The third-order valence-electron chi connectivity index (χ3n) is 5.08. The average Bonchev–Trinajstić information content (AvgIpc) is 3.40. The number of amides is 1. The standard InChI is InChI=1S/C19H23ClN4O/c1-14-13-24(17-6-3-2-5-16(17)20)21-18(14)19(25)23-10-4-9-22(11-12-23)15-7-8-15/h2-3,5-6,13,15H,4,7-12H2,1H3. The molecule has 4 rings (SSSR count). The fraction of sp³-hybridized carbons (Fsp3) is 0.474. The summed E-state index contributed by atoms with van der Waals surface area (Å²) in [7, 11) is 0. The van der Waals surface area contributed by atoms with Gasteiger partial charge >= 0.3 is 0 Å². The van der Waals surface area contributed by atoms with Crippen molar-refractivity contribution in [3.05, 3.63) is 46.7 Å². The molecule has 0 N–H and O–H groups in total. The molecule has 0 unspecified atom stereocenters. The molecule has 132 valence electrons. The van der Waals surface area contributed by atoms with Gasteiger partial charge in [-0.25, -0.2) is 4.68 Å².